The van der Waals surface area contributed by atoms with Gasteiger partial charge in [-0.25, -0.2) is 0 Å². The van der Waals surface area contributed by atoms with Crippen molar-refractivity contribution in [3.8, 4) is 0 Å². The summed E-state index contributed by atoms with van der Waals surface area (Å²) in [5.41, 5.74) is 5.76. The fourth-order valence-corrected chi connectivity index (χ4v) is 4.29. The molecule has 0 aromatic carbocycles. The Bertz CT molecular complexity index is 285. The van der Waals surface area contributed by atoms with Gasteiger partial charge in [0.1, 0.15) is 0 Å². The van der Waals surface area contributed by atoms with Gasteiger partial charge in [-0.15, -0.1) is 0 Å². The molecule has 2 rings (SSSR count). The minimum absolute atomic E-state index is 0.185. The second-order valence-corrected chi connectivity index (χ2v) is 6.90. The third kappa shape index (κ3) is 3.41. The second-order valence-electron chi connectivity index (χ2n) is 5.76. The van der Waals surface area contributed by atoms with Gasteiger partial charge < -0.3 is 11.1 Å². The van der Waals surface area contributed by atoms with E-state index in [1.807, 2.05) is 11.8 Å². The number of rotatable bonds is 4. The average Bonchev–Trinajstić information content (AvgIpc) is 2.87. The summed E-state index contributed by atoms with van der Waals surface area (Å²) in [5, 5.41) is 4.02. The summed E-state index contributed by atoms with van der Waals surface area (Å²) in [7, 11) is 0. The lowest BCUT2D eigenvalue weighted by atomic mass is 9.92. The summed E-state index contributed by atoms with van der Waals surface area (Å²) in [4.78, 5) is 12.3. The second kappa shape index (κ2) is 6.80. The number of carbonyl (C=O) groups excluding carboxylic acids is 1. The van der Waals surface area contributed by atoms with Crippen molar-refractivity contribution >= 4 is 17.7 Å². The summed E-state index contributed by atoms with van der Waals surface area (Å²) in [6.07, 6.45) is 10.4. The molecule has 0 aromatic heterocycles. The van der Waals surface area contributed by atoms with Crippen molar-refractivity contribution in [1.29, 1.82) is 0 Å². The van der Waals surface area contributed by atoms with Crippen molar-refractivity contribution in [2.75, 3.05) is 12.8 Å². The molecular formula is C14H26N2OS. The summed E-state index contributed by atoms with van der Waals surface area (Å²) in [6, 6.07) is 0.405. The van der Waals surface area contributed by atoms with Crippen LogP contribution < -0.4 is 11.1 Å². The fraction of sp³-hybridized carbons (Fsp3) is 0.929. The van der Waals surface area contributed by atoms with Crippen LogP contribution in [0.2, 0.25) is 0 Å². The van der Waals surface area contributed by atoms with Gasteiger partial charge in [0.15, 0.2) is 0 Å². The van der Waals surface area contributed by atoms with E-state index in [4.69, 9.17) is 5.73 Å². The van der Waals surface area contributed by atoms with E-state index in [1.165, 1.54) is 12.8 Å². The lowest BCUT2D eigenvalue weighted by Gasteiger charge is -2.30. The van der Waals surface area contributed by atoms with Gasteiger partial charge in [-0.05, 0) is 50.8 Å². The minimum atomic E-state index is 0.185. The molecule has 4 atom stereocenters. The van der Waals surface area contributed by atoms with Gasteiger partial charge in [0.25, 0.3) is 0 Å². The molecule has 104 valence electrons. The lowest BCUT2D eigenvalue weighted by molar-refractivity contribution is -0.126. The molecule has 2 aliphatic rings. The summed E-state index contributed by atoms with van der Waals surface area (Å²) in [6.45, 7) is 0.663. The molecule has 3 N–H and O–H groups in total. The zero-order valence-corrected chi connectivity index (χ0v) is 12.2. The van der Waals surface area contributed by atoms with E-state index in [9.17, 15) is 4.79 Å². The molecule has 0 saturated heterocycles. The zero-order valence-electron chi connectivity index (χ0n) is 11.4. The number of amides is 1. The van der Waals surface area contributed by atoms with Gasteiger partial charge in [-0.2, -0.15) is 11.8 Å². The predicted octanol–water partition coefficient (Wildman–Crippen LogP) is 2.15. The van der Waals surface area contributed by atoms with Gasteiger partial charge in [0, 0.05) is 17.2 Å². The smallest absolute Gasteiger partial charge is 0.223 e. The van der Waals surface area contributed by atoms with Crippen LogP contribution in [-0.2, 0) is 4.79 Å². The van der Waals surface area contributed by atoms with Crippen LogP contribution in [0.4, 0.5) is 0 Å². The van der Waals surface area contributed by atoms with E-state index in [2.05, 4.69) is 11.6 Å². The largest absolute Gasteiger partial charge is 0.353 e. The van der Waals surface area contributed by atoms with Crippen molar-refractivity contribution in [3.63, 3.8) is 0 Å². The first-order chi connectivity index (χ1) is 8.74. The van der Waals surface area contributed by atoms with Gasteiger partial charge in [0.05, 0.1) is 0 Å². The van der Waals surface area contributed by atoms with Gasteiger partial charge in [0.2, 0.25) is 5.91 Å². The highest BCUT2D eigenvalue weighted by Crippen LogP contribution is 2.32. The number of hydrogen-bond acceptors (Lipinski definition) is 3. The van der Waals surface area contributed by atoms with Crippen molar-refractivity contribution < 1.29 is 4.79 Å². The van der Waals surface area contributed by atoms with E-state index in [-0.39, 0.29) is 11.8 Å². The highest BCUT2D eigenvalue weighted by molar-refractivity contribution is 7.99. The Morgan fingerprint density at radius 3 is 2.78 bits per heavy atom. The summed E-state index contributed by atoms with van der Waals surface area (Å²) >= 11 is 1.94. The Hall–Kier alpha value is -0.220. The molecule has 4 heteroatoms. The first-order valence-corrected chi connectivity index (χ1v) is 8.56. The summed E-state index contributed by atoms with van der Waals surface area (Å²) in [5.74, 6) is 0.879. The molecule has 18 heavy (non-hydrogen) atoms. The van der Waals surface area contributed by atoms with E-state index >= 15 is 0 Å². The van der Waals surface area contributed by atoms with Crippen LogP contribution in [0, 0.1) is 11.8 Å². The summed E-state index contributed by atoms with van der Waals surface area (Å²) < 4.78 is 0. The fourth-order valence-electron chi connectivity index (χ4n) is 3.46. The first-order valence-electron chi connectivity index (χ1n) is 7.27. The molecule has 0 radical (unpaired) electrons. The van der Waals surface area contributed by atoms with Crippen LogP contribution in [0.3, 0.4) is 0 Å². The van der Waals surface area contributed by atoms with Crippen molar-refractivity contribution in [2.24, 2.45) is 17.6 Å². The maximum absolute atomic E-state index is 12.3. The maximum atomic E-state index is 12.3. The molecule has 0 spiro atoms. The number of thioether (sulfide) groups is 1. The molecule has 2 fully saturated rings. The lowest BCUT2D eigenvalue weighted by Crippen LogP contribution is -2.43. The molecule has 2 saturated carbocycles. The Balaban J connectivity index is 1.83. The van der Waals surface area contributed by atoms with Crippen molar-refractivity contribution in [3.05, 3.63) is 0 Å². The normalized spacial score (nSPS) is 36.6. The highest BCUT2D eigenvalue weighted by Gasteiger charge is 2.33. The molecule has 0 bridgehead atoms. The van der Waals surface area contributed by atoms with Crippen LogP contribution in [0.5, 0.6) is 0 Å². The topological polar surface area (TPSA) is 55.1 Å². The van der Waals surface area contributed by atoms with E-state index in [1.54, 1.807) is 0 Å². The van der Waals surface area contributed by atoms with E-state index < -0.39 is 0 Å². The Labute approximate surface area is 115 Å². The average molecular weight is 270 g/mol. The minimum Gasteiger partial charge on any atom is -0.353 e. The SMILES string of the molecule is CSC1CCCC(NC(=O)C2CCCC2CN)C1. The highest BCUT2D eigenvalue weighted by atomic mass is 32.2. The number of nitrogens with two attached hydrogens (primary N) is 1. The van der Waals surface area contributed by atoms with E-state index in [0.29, 0.717) is 18.5 Å². The Morgan fingerprint density at radius 2 is 2.06 bits per heavy atom. The maximum Gasteiger partial charge on any atom is 0.223 e. The van der Waals surface area contributed by atoms with Gasteiger partial charge >= 0.3 is 0 Å². The quantitative estimate of drug-likeness (QED) is 0.823. The first kappa shape index (κ1) is 14.2. The Morgan fingerprint density at radius 1 is 1.28 bits per heavy atom. The molecule has 0 aliphatic heterocycles. The van der Waals surface area contributed by atoms with Gasteiger partial charge in [-0.3, -0.25) is 4.79 Å². The number of carbonyl (C=O) groups is 1. The molecule has 3 nitrogen and oxygen atoms in total. The zero-order chi connectivity index (χ0) is 13.0. The third-order valence-corrected chi connectivity index (χ3v) is 5.70. The van der Waals surface area contributed by atoms with Crippen LogP contribution in [0.25, 0.3) is 0 Å². The molecular weight excluding hydrogens is 244 g/mol. The van der Waals surface area contributed by atoms with Crippen LogP contribution in [0.1, 0.15) is 44.9 Å². The predicted molar refractivity (Wildman–Crippen MR) is 77.6 cm³/mol. The monoisotopic (exact) mass is 270 g/mol. The standard InChI is InChI=1S/C14H26N2OS/c1-18-12-6-3-5-11(8-12)16-14(17)13-7-2-4-10(13)9-15/h10-13H,2-9,15H2,1H3,(H,16,17). The third-order valence-electron chi connectivity index (χ3n) is 4.60. The number of nitrogens with one attached hydrogen (secondary N) is 1. The molecule has 0 aromatic rings. The van der Waals surface area contributed by atoms with Crippen molar-refractivity contribution in [2.45, 2.75) is 56.2 Å². The van der Waals surface area contributed by atoms with E-state index in [0.717, 1.165) is 37.4 Å². The van der Waals surface area contributed by atoms with Crippen molar-refractivity contribution in [1.82, 2.24) is 5.32 Å². The van der Waals surface area contributed by atoms with Gasteiger partial charge in [-0.1, -0.05) is 12.8 Å². The molecule has 4 unspecified atom stereocenters. The Kier molecular flexibility index (Phi) is 5.37. The van der Waals surface area contributed by atoms with Crippen LogP contribution >= 0.6 is 11.8 Å². The number of hydrogen-bond donors (Lipinski definition) is 2. The van der Waals surface area contributed by atoms with Crippen LogP contribution in [0.15, 0.2) is 0 Å². The van der Waals surface area contributed by atoms with Crippen LogP contribution in [-0.4, -0.2) is 30.0 Å². The molecule has 0 heterocycles. The molecule has 1 amide bonds. The molecule has 2 aliphatic carbocycles.